The van der Waals surface area contributed by atoms with Gasteiger partial charge < -0.3 is 14.2 Å². The standard InChI is InChI=1S/C15H21ClO4/c1-11(6-8-16)7-9-20-14-10-12(18-2)4-5-13(14)15(17)19-3/h4-5,10-11H,6-9H2,1-3H3. The van der Waals surface area contributed by atoms with Crippen molar-refractivity contribution in [3.05, 3.63) is 23.8 Å². The maximum Gasteiger partial charge on any atom is 0.341 e. The van der Waals surface area contributed by atoms with Gasteiger partial charge in [-0.25, -0.2) is 4.79 Å². The smallest absolute Gasteiger partial charge is 0.341 e. The summed E-state index contributed by atoms with van der Waals surface area (Å²) in [7, 11) is 2.92. The molecule has 1 rings (SSSR count). The van der Waals surface area contributed by atoms with Gasteiger partial charge >= 0.3 is 5.97 Å². The van der Waals surface area contributed by atoms with Crippen LogP contribution in [-0.4, -0.2) is 32.7 Å². The van der Waals surface area contributed by atoms with E-state index < -0.39 is 5.97 Å². The van der Waals surface area contributed by atoms with Crippen molar-refractivity contribution in [3.63, 3.8) is 0 Å². The highest BCUT2D eigenvalue weighted by atomic mass is 35.5. The van der Waals surface area contributed by atoms with Crippen molar-refractivity contribution in [1.82, 2.24) is 0 Å². The van der Waals surface area contributed by atoms with Crippen LogP contribution in [-0.2, 0) is 4.74 Å². The van der Waals surface area contributed by atoms with Crippen molar-refractivity contribution in [1.29, 1.82) is 0 Å². The molecule has 0 aliphatic heterocycles. The number of carbonyl (C=O) groups excluding carboxylic acids is 1. The topological polar surface area (TPSA) is 44.8 Å². The van der Waals surface area contributed by atoms with Crippen LogP contribution in [0.1, 0.15) is 30.1 Å². The van der Waals surface area contributed by atoms with E-state index in [1.165, 1.54) is 7.11 Å². The summed E-state index contributed by atoms with van der Waals surface area (Å²) in [6.07, 6.45) is 1.83. The second kappa shape index (κ2) is 8.69. The minimum Gasteiger partial charge on any atom is -0.497 e. The molecule has 4 nitrogen and oxygen atoms in total. The molecule has 0 fully saturated rings. The summed E-state index contributed by atoms with van der Waals surface area (Å²) >= 11 is 5.70. The Hall–Kier alpha value is -1.42. The highest BCUT2D eigenvalue weighted by Gasteiger charge is 2.14. The second-order valence-corrected chi connectivity index (χ2v) is 4.95. The quantitative estimate of drug-likeness (QED) is 0.544. The summed E-state index contributed by atoms with van der Waals surface area (Å²) in [5.41, 5.74) is 0.401. The molecular formula is C15H21ClO4. The Kier molecular flexibility index (Phi) is 7.23. The fourth-order valence-electron chi connectivity index (χ4n) is 1.73. The molecule has 0 saturated heterocycles. The van der Waals surface area contributed by atoms with Crippen molar-refractivity contribution in [2.75, 3.05) is 26.7 Å². The fourth-order valence-corrected chi connectivity index (χ4v) is 2.10. The number of alkyl halides is 1. The molecule has 1 aromatic rings. The monoisotopic (exact) mass is 300 g/mol. The van der Waals surface area contributed by atoms with Gasteiger partial charge in [-0.15, -0.1) is 11.6 Å². The minimum atomic E-state index is -0.420. The first-order chi connectivity index (χ1) is 9.62. The number of benzene rings is 1. The zero-order valence-electron chi connectivity index (χ0n) is 12.1. The maximum absolute atomic E-state index is 11.7. The van der Waals surface area contributed by atoms with Gasteiger partial charge in [-0.2, -0.15) is 0 Å². The second-order valence-electron chi connectivity index (χ2n) is 4.57. The summed E-state index contributed by atoms with van der Waals surface area (Å²) in [5.74, 6) is 1.83. The van der Waals surface area contributed by atoms with Crippen LogP contribution in [0.25, 0.3) is 0 Å². The third kappa shape index (κ3) is 4.93. The van der Waals surface area contributed by atoms with Gasteiger partial charge in [-0.05, 0) is 30.9 Å². The Labute approximate surface area is 125 Å². The zero-order chi connectivity index (χ0) is 15.0. The van der Waals surface area contributed by atoms with Crippen LogP contribution in [0.2, 0.25) is 0 Å². The number of halogens is 1. The first-order valence-electron chi connectivity index (χ1n) is 6.57. The number of methoxy groups -OCH3 is 2. The molecule has 5 heteroatoms. The predicted molar refractivity (Wildman–Crippen MR) is 78.9 cm³/mol. The van der Waals surface area contributed by atoms with Crippen LogP contribution in [0, 0.1) is 5.92 Å². The van der Waals surface area contributed by atoms with E-state index in [1.54, 1.807) is 25.3 Å². The fraction of sp³-hybridized carbons (Fsp3) is 0.533. The van der Waals surface area contributed by atoms with Crippen molar-refractivity contribution in [2.24, 2.45) is 5.92 Å². The van der Waals surface area contributed by atoms with Crippen LogP contribution in [0.3, 0.4) is 0 Å². The van der Waals surface area contributed by atoms with E-state index in [-0.39, 0.29) is 0 Å². The molecule has 0 bridgehead atoms. The molecule has 1 unspecified atom stereocenters. The summed E-state index contributed by atoms with van der Waals surface area (Å²) in [4.78, 5) is 11.7. The summed E-state index contributed by atoms with van der Waals surface area (Å²) in [5, 5.41) is 0. The van der Waals surface area contributed by atoms with Gasteiger partial charge in [-0.3, -0.25) is 0 Å². The lowest BCUT2D eigenvalue weighted by atomic mass is 10.1. The van der Waals surface area contributed by atoms with E-state index in [9.17, 15) is 4.79 Å². The van der Waals surface area contributed by atoms with Crippen LogP contribution >= 0.6 is 11.6 Å². The summed E-state index contributed by atoms with van der Waals surface area (Å²) < 4.78 is 15.6. The number of rotatable bonds is 8. The Morgan fingerprint density at radius 1 is 1.30 bits per heavy atom. The van der Waals surface area contributed by atoms with Gasteiger partial charge in [0.1, 0.15) is 17.1 Å². The molecular weight excluding hydrogens is 280 g/mol. The molecule has 1 atom stereocenters. The Morgan fingerprint density at radius 3 is 2.65 bits per heavy atom. The molecule has 1 aromatic carbocycles. The largest absolute Gasteiger partial charge is 0.497 e. The maximum atomic E-state index is 11.7. The van der Waals surface area contributed by atoms with E-state index in [0.29, 0.717) is 35.5 Å². The normalized spacial score (nSPS) is 11.8. The molecule has 0 aliphatic carbocycles. The molecule has 0 N–H and O–H groups in total. The first-order valence-corrected chi connectivity index (χ1v) is 7.11. The van der Waals surface area contributed by atoms with Crippen molar-refractivity contribution in [2.45, 2.75) is 19.8 Å². The van der Waals surface area contributed by atoms with Crippen molar-refractivity contribution in [3.8, 4) is 11.5 Å². The van der Waals surface area contributed by atoms with Crippen LogP contribution in [0.5, 0.6) is 11.5 Å². The summed E-state index contributed by atoms with van der Waals surface area (Å²) in [6.45, 7) is 2.65. The average molecular weight is 301 g/mol. The average Bonchev–Trinajstić information content (AvgIpc) is 2.46. The SMILES string of the molecule is COC(=O)c1ccc(OC)cc1OCCC(C)CCCl. The summed E-state index contributed by atoms with van der Waals surface area (Å²) in [6, 6.07) is 5.04. The van der Waals surface area contributed by atoms with E-state index >= 15 is 0 Å². The molecule has 0 radical (unpaired) electrons. The Morgan fingerprint density at radius 2 is 2.05 bits per heavy atom. The lowest BCUT2D eigenvalue weighted by Crippen LogP contribution is -2.09. The van der Waals surface area contributed by atoms with Crippen molar-refractivity contribution >= 4 is 17.6 Å². The molecule has 112 valence electrons. The lowest BCUT2D eigenvalue weighted by molar-refractivity contribution is 0.0595. The van der Waals surface area contributed by atoms with E-state index in [1.807, 2.05) is 0 Å². The third-order valence-corrected chi connectivity index (χ3v) is 3.28. The zero-order valence-corrected chi connectivity index (χ0v) is 12.9. The molecule has 0 spiro atoms. The Balaban J connectivity index is 2.72. The van der Waals surface area contributed by atoms with Gasteiger partial charge in [0.2, 0.25) is 0 Å². The highest BCUT2D eigenvalue weighted by molar-refractivity contribution is 6.17. The molecule has 20 heavy (non-hydrogen) atoms. The molecule has 0 aromatic heterocycles. The van der Waals surface area contributed by atoms with Crippen LogP contribution in [0.4, 0.5) is 0 Å². The lowest BCUT2D eigenvalue weighted by Gasteiger charge is -2.14. The molecule has 0 amide bonds. The van der Waals surface area contributed by atoms with Gasteiger partial charge in [-0.1, -0.05) is 6.92 Å². The Bertz CT molecular complexity index is 434. The third-order valence-electron chi connectivity index (χ3n) is 3.06. The molecule has 0 heterocycles. The predicted octanol–water partition coefficient (Wildman–Crippen LogP) is 3.52. The number of esters is 1. The van der Waals surface area contributed by atoms with Crippen molar-refractivity contribution < 1.29 is 19.0 Å². The van der Waals surface area contributed by atoms with E-state index in [2.05, 4.69) is 6.92 Å². The van der Waals surface area contributed by atoms with Gasteiger partial charge in [0, 0.05) is 11.9 Å². The van der Waals surface area contributed by atoms with Gasteiger partial charge in [0.25, 0.3) is 0 Å². The van der Waals surface area contributed by atoms with E-state index in [4.69, 9.17) is 25.8 Å². The molecule has 0 saturated carbocycles. The van der Waals surface area contributed by atoms with Gasteiger partial charge in [0.05, 0.1) is 20.8 Å². The van der Waals surface area contributed by atoms with Gasteiger partial charge in [0.15, 0.2) is 0 Å². The number of ether oxygens (including phenoxy) is 3. The van der Waals surface area contributed by atoms with Crippen LogP contribution < -0.4 is 9.47 Å². The number of carbonyl (C=O) groups is 1. The highest BCUT2D eigenvalue weighted by Crippen LogP contribution is 2.26. The molecule has 0 aliphatic rings. The minimum absolute atomic E-state index is 0.401. The van der Waals surface area contributed by atoms with E-state index in [0.717, 1.165) is 12.8 Å². The first kappa shape index (κ1) is 16.6. The number of hydrogen-bond donors (Lipinski definition) is 0. The number of hydrogen-bond acceptors (Lipinski definition) is 4. The van der Waals surface area contributed by atoms with Crippen LogP contribution in [0.15, 0.2) is 18.2 Å².